The van der Waals surface area contributed by atoms with E-state index in [-0.39, 0.29) is 5.91 Å². The molecule has 1 aliphatic heterocycles. The topological polar surface area (TPSA) is 69.0 Å². The summed E-state index contributed by atoms with van der Waals surface area (Å²) in [6, 6.07) is 9.88. The highest BCUT2D eigenvalue weighted by Gasteiger charge is 2.25. The van der Waals surface area contributed by atoms with Crippen LogP contribution in [-0.4, -0.2) is 26.8 Å². The highest BCUT2D eigenvalue weighted by molar-refractivity contribution is 5.81. The monoisotopic (exact) mass is 348 g/mol. The number of nitrogens with zero attached hydrogens (tertiary/aromatic N) is 3. The van der Waals surface area contributed by atoms with Crippen LogP contribution in [0.5, 0.6) is 5.75 Å². The van der Waals surface area contributed by atoms with Crippen LogP contribution in [0.15, 0.2) is 55.1 Å². The Labute approximate surface area is 151 Å². The van der Waals surface area contributed by atoms with Crippen molar-refractivity contribution < 1.29 is 9.53 Å². The summed E-state index contributed by atoms with van der Waals surface area (Å²) >= 11 is 0. The normalized spacial score (nSPS) is 15.8. The standard InChI is InChI=1S/C20H20N4O2/c1-24-13-17(12-23-24)16-8-14(9-21-11-16)10-22-20(25)19-7-6-15-4-2-3-5-18(15)26-19/h2-5,8-9,11-13,19H,6-7,10H2,1H3,(H,22,25)/t19-/m1/s1. The fraction of sp³-hybridized carbons (Fsp3) is 0.250. The van der Waals surface area contributed by atoms with Crippen molar-refractivity contribution in [2.75, 3.05) is 0 Å². The van der Waals surface area contributed by atoms with Crippen molar-refractivity contribution >= 4 is 5.91 Å². The molecule has 4 rings (SSSR count). The van der Waals surface area contributed by atoms with Crippen LogP contribution in [0.3, 0.4) is 0 Å². The minimum atomic E-state index is -0.445. The Morgan fingerprint density at radius 1 is 1.27 bits per heavy atom. The van der Waals surface area contributed by atoms with E-state index in [2.05, 4.69) is 15.4 Å². The maximum Gasteiger partial charge on any atom is 0.261 e. The van der Waals surface area contributed by atoms with E-state index in [0.29, 0.717) is 13.0 Å². The van der Waals surface area contributed by atoms with Crippen LogP contribution in [0.1, 0.15) is 17.5 Å². The molecular weight excluding hydrogens is 328 g/mol. The fourth-order valence-electron chi connectivity index (χ4n) is 3.12. The van der Waals surface area contributed by atoms with E-state index in [0.717, 1.165) is 34.4 Å². The molecule has 1 aromatic carbocycles. The zero-order valence-corrected chi connectivity index (χ0v) is 14.6. The maximum atomic E-state index is 12.5. The van der Waals surface area contributed by atoms with Gasteiger partial charge >= 0.3 is 0 Å². The summed E-state index contributed by atoms with van der Waals surface area (Å²) in [5.74, 6) is 0.713. The maximum absolute atomic E-state index is 12.5. The van der Waals surface area contributed by atoms with Gasteiger partial charge in [0.2, 0.25) is 0 Å². The van der Waals surface area contributed by atoms with Crippen LogP contribution >= 0.6 is 0 Å². The van der Waals surface area contributed by atoms with E-state index in [9.17, 15) is 4.79 Å². The van der Waals surface area contributed by atoms with Crippen molar-refractivity contribution in [1.29, 1.82) is 0 Å². The van der Waals surface area contributed by atoms with Crippen LogP contribution in [0.2, 0.25) is 0 Å². The first-order valence-corrected chi connectivity index (χ1v) is 8.64. The molecule has 6 heteroatoms. The van der Waals surface area contributed by atoms with E-state index in [1.54, 1.807) is 23.3 Å². The number of benzene rings is 1. The average molecular weight is 348 g/mol. The fourth-order valence-corrected chi connectivity index (χ4v) is 3.12. The van der Waals surface area contributed by atoms with Gasteiger partial charge in [-0.1, -0.05) is 18.2 Å². The third kappa shape index (κ3) is 3.44. The molecule has 0 fully saturated rings. The smallest absolute Gasteiger partial charge is 0.261 e. The van der Waals surface area contributed by atoms with Gasteiger partial charge in [0.15, 0.2) is 6.10 Å². The Morgan fingerprint density at radius 3 is 3.00 bits per heavy atom. The van der Waals surface area contributed by atoms with Gasteiger partial charge in [-0.3, -0.25) is 14.5 Å². The first-order chi connectivity index (χ1) is 12.7. The lowest BCUT2D eigenvalue weighted by atomic mass is 10.0. The van der Waals surface area contributed by atoms with Crippen molar-refractivity contribution in [2.24, 2.45) is 7.05 Å². The van der Waals surface area contributed by atoms with Gasteiger partial charge < -0.3 is 10.1 Å². The third-order valence-electron chi connectivity index (χ3n) is 4.51. The van der Waals surface area contributed by atoms with E-state index in [1.807, 2.05) is 43.6 Å². The zero-order valence-electron chi connectivity index (χ0n) is 14.6. The van der Waals surface area contributed by atoms with Gasteiger partial charge in [0.25, 0.3) is 5.91 Å². The number of para-hydroxylation sites is 1. The molecule has 0 aliphatic carbocycles. The molecule has 1 atom stereocenters. The summed E-state index contributed by atoms with van der Waals surface area (Å²) in [5, 5.41) is 7.14. The van der Waals surface area contributed by atoms with Crippen molar-refractivity contribution in [3.05, 3.63) is 66.2 Å². The number of aromatic nitrogens is 3. The number of carbonyl (C=O) groups is 1. The summed E-state index contributed by atoms with van der Waals surface area (Å²) in [7, 11) is 1.88. The minimum absolute atomic E-state index is 0.0914. The molecule has 6 nitrogen and oxygen atoms in total. The number of ether oxygens (including phenoxy) is 1. The van der Waals surface area contributed by atoms with Crippen molar-refractivity contribution in [1.82, 2.24) is 20.1 Å². The number of fused-ring (bicyclic) bond motifs is 1. The van der Waals surface area contributed by atoms with Crippen LogP contribution in [0.4, 0.5) is 0 Å². The summed E-state index contributed by atoms with van der Waals surface area (Å²) in [5.41, 5.74) is 4.08. The molecule has 0 bridgehead atoms. The highest BCUT2D eigenvalue weighted by Crippen LogP contribution is 2.27. The third-order valence-corrected chi connectivity index (χ3v) is 4.51. The van der Waals surface area contributed by atoms with E-state index in [4.69, 9.17) is 4.74 Å². The van der Waals surface area contributed by atoms with Gasteiger partial charge in [-0.2, -0.15) is 5.10 Å². The number of pyridine rings is 1. The predicted molar refractivity (Wildman–Crippen MR) is 97.5 cm³/mol. The van der Waals surface area contributed by atoms with Gasteiger partial charge in [-0.25, -0.2) is 0 Å². The van der Waals surface area contributed by atoms with Gasteiger partial charge in [0.05, 0.1) is 6.20 Å². The van der Waals surface area contributed by atoms with Crippen LogP contribution < -0.4 is 10.1 Å². The van der Waals surface area contributed by atoms with Gasteiger partial charge in [-0.05, 0) is 36.1 Å². The molecule has 0 saturated heterocycles. The summed E-state index contributed by atoms with van der Waals surface area (Å²) in [6.07, 6.45) is 8.39. The quantitative estimate of drug-likeness (QED) is 0.786. The molecule has 1 amide bonds. The molecule has 3 heterocycles. The Morgan fingerprint density at radius 2 is 2.15 bits per heavy atom. The first-order valence-electron chi connectivity index (χ1n) is 8.64. The number of nitrogens with one attached hydrogen (secondary N) is 1. The minimum Gasteiger partial charge on any atom is -0.480 e. The van der Waals surface area contributed by atoms with Crippen LogP contribution in [-0.2, 0) is 24.8 Å². The van der Waals surface area contributed by atoms with E-state index in [1.165, 1.54) is 0 Å². The second kappa shape index (κ2) is 7.00. The second-order valence-corrected chi connectivity index (χ2v) is 6.46. The Hall–Kier alpha value is -3.15. The van der Waals surface area contributed by atoms with Gasteiger partial charge in [0.1, 0.15) is 5.75 Å². The predicted octanol–water partition coefficient (Wildman–Crippen LogP) is 2.49. The van der Waals surface area contributed by atoms with Gasteiger partial charge in [0, 0.05) is 43.3 Å². The molecule has 1 N–H and O–H groups in total. The molecule has 132 valence electrons. The lowest BCUT2D eigenvalue weighted by Gasteiger charge is -2.25. The van der Waals surface area contributed by atoms with Crippen molar-refractivity contribution in [2.45, 2.75) is 25.5 Å². The molecule has 26 heavy (non-hydrogen) atoms. The highest BCUT2D eigenvalue weighted by atomic mass is 16.5. The van der Waals surface area contributed by atoms with Crippen LogP contribution in [0.25, 0.3) is 11.1 Å². The zero-order chi connectivity index (χ0) is 17.9. The summed E-state index contributed by atoms with van der Waals surface area (Å²) in [4.78, 5) is 16.7. The molecule has 2 aromatic heterocycles. The van der Waals surface area contributed by atoms with E-state index < -0.39 is 6.10 Å². The average Bonchev–Trinajstić information content (AvgIpc) is 3.12. The second-order valence-electron chi connectivity index (χ2n) is 6.46. The summed E-state index contributed by atoms with van der Waals surface area (Å²) in [6.45, 7) is 0.418. The molecule has 3 aromatic rings. The Bertz CT molecular complexity index is 935. The number of aryl methyl sites for hydroxylation is 2. The SMILES string of the molecule is Cn1cc(-c2cncc(CNC(=O)[C@H]3CCc4ccccc4O3)c2)cn1. The number of hydrogen-bond donors (Lipinski definition) is 1. The Kier molecular flexibility index (Phi) is 4.39. The number of amides is 1. The molecule has 0 radical (unpaired) electrons. The van der Waals surface area contributed by atoms with Gasteiger partial charge in [-0.15, -0.1) is 0 Å². The first kappa shape index (κ1) is 16.3. The summed E-state index contributed by atoms with van der Waals surface area (Å²) < 4.78 is 7.59. The molecule has 0 saturated carbocycles. The lowest BCUT2D eigenvalue weighted by Crippen LogP contribution is -2.40. The molecule has 0 spiro atoms. The number of carbonyl (C=O) groups excluding carboxylic acids is 1. The van der Waals surface area contributed by atoms with Crippen molar-refractivity contribution in [3.8, 4) is 16.9 Å². The number of rotatable bonds is 4. The van der Waals surface area contributed by atoms with E-state index >= 15 is 0 Å². The largest absolute Gasteiger partial charge is 0.480 e. The molecule has 1 aliphatic rings. The number of hydrogen-bond acceptors (Lipinski definition) is 4. The van der Waals surface area contributed by atoms with Crippen LogP contribution in [0, 0.1) is 0 Å². The molecular formula is C20H20N4O2. The van der Waals surface area contributed by atoms with Crippen molar-refractivity contribution in [3.63, 3.8) is 0 Å². The molecule has 0 unspecified atom stereocenters. The lowest BCUT2D eigenvalue weighted by molar-refractivity contribution is -0.128. The Balaban J connectivity index is 1.39.